The molecule has 2 N–H and O–H groups in total. The van der Waals surface area contributed by atoms with Crippen LogP contribution in [0.5, 0.6) is 5.75 Å². The Labute approximate surface area is 157 Å². The van der Waals surface area contributed by atoms with Crippen LogP contribution in [0.1, 0.15) is 17.2 Å². The number of hydrogen-bond donors (Lipinski definition) is 2. The largest absolute Gasteiger partial charge is 0.484 e. The minimum atomic E-state index is -0.903. The Morgan fingerprint density at radius 2 is 1.65 bits per heavy atom. The van der Waals surface area contributed by atoms with E-state index in [4.69, 9.17) is 16.3 Å². The predicted molar refractivity (Wildman–Crippen MR) is 103 cm³/mol. The van der Waals surface area contributed by atoms with E-state index in [0.29, 0.717) is 27.6 Å². The molecule has 0 saturated carbocycles. The van der Waals surface area contributed by atoms with Gasteiger partial charge in [-0.1, -0.05) is 60.1 Å². The molecule has 0 aliphatic carbocycles. The molecule has 4 nitrogen and oxygen atoms in total. The fraction of sp³-hybridized carbons (Fsp3) is 0.0952. The molecule has 0 heterocycles. The third kappa shape index (κ3) is 4.63. The number of benzene rings is 3. The van der Waals surface area contributed by atoms with Crippen LogP contribution in [0.15, 0.2) is 78.9 Å². The summed E-state index contributed by atoms with van der Waals surface area (Å²) in [4.78, 5) is 12.2. The first-order valence-corrected chi connectivity index (χ1v) is 8.51. The van der Waals surface area contributed by atoms with Crippen LogP contribution in [0.3, 0.4) is 0 Å². The van der Waals surface area contributed by atoms with Crippen molar-refractivity contribution in [2.75, 3.05) is 11.9 Å². The lowest BCUT2D eigenvalue weighted by molar-refractivity contribution is -0.118. The number of ether oxygens (including phenoxy) is 1. The number of carbonyl (C=O) groups excluding carboxylic acids is 1. The number of carbonyl (C=O) groups is 1. The topological polar surface area (TPSA) is 58.6 Å². The summed E-state index contributed by atoms with van der Waals surface area (Å²) in [6.07, 6.45) is -0.903. The van der Waals surface area contributed by atoms with Crippen molar-refractivity contribution in [3.05, 3.63) is 95.0 Å². The smallest absolute Gasteiger partial charge is 0.262 e. The minimum absolute atomic E-state index is 0.131. The Balaban J connectivity index is 1.74. The van der Waals surface area contributed by atoms with E-state index in [1.165, 1.54) is 0 Å². The molecule has 0 radical (unpaired) electrons. The number of aliphatic hydroxyl groups excluding tert-OH is 1. The minimum Gasteiger partial charge on any atom is -0.484 e. The van der Waals surface area contributed by atoms with E-state index in [2.05, 4.69) is 5.32 Å². The Morgan fingerprint density at radius 1 is 1.00 bits per heavy atom. The zero-order chi connectivity index (χ0) is 18.4. The van der Waals surface area contributed by atoms with Crippen LogP contribution in [-0.2, 0) is 4.79 Å². The maximum atomic E-state index is 12.2. The second-order valence-corrected chi connectivity index (χ2v) is 6.13. The van der Waals surface area contributed by atoms with Gasteiger partial charge < -0.3 is 15.2 Å². The van der Waals surface area contributed by atoms with Gasteiger partial charge in [0.05, 0.1) is 0 Å². The average Bonchev–Trinajstić information content (AvgIpc) is 2.69. The van der Waals surface area contributed by atoms with E-state index in [1.54, 1.807) is 30.3 Å². The summed E-state index contributed by atoms with van der Waals surface area (Å²) in [6.45, 7) is -0.131. The molecule has 0 fully saturated rings. The highest BCUT2D eigenvalue weighted by atomic mass is 35.5. The van der Waals surface area contributed by atoms with Crippen LogP contribution in [0, 0.1) is 0 Å². The molecule has 1 atom stereocenters. The Bertz CT molecular complexity index is 869. The van der Waals surface area contributed by atoms with Crippen LogP contribution in [0.4, 0.5) is 5.69 Å². The highest BCUT2D eigenvalue weighted by Gasteiger charge is 2.17. The number of hydrogen-bond acceptors (Lipinski definition) is 3. The highest BCUT2D eigenvalue weighted by Crippen LogP contribution is 2.30. The maximum Gasteiger partial charge on any atom is 0.262 e. The SMILES string of the molecule is O=C(COc1ccccc1)Nc1ccc(Cl)cc1[C@@H](O)c1ccccc1. The molecular formula is C21H18ClNO3. The molecule has 0 unspecified atom stereocenters. The van der Waals surface area contributed by atoms with Crippen molar-refractivity contribution in [3.8, 4) is 5.75 Å². The lowest BCUT2D eigenvalue weighted by Gasteiger charge is -2.17. The van der Waals surface area contributed by atoms with Crippen molar-refractivity contribution in [1.82, 2.24) is 0 Å². The van der Waals surface area contributed by atoms with Gasteiger partial charge in [0.25, 0.3) is 5.91 Å². The van der Waals surface area contributed by atoms with Gasteiger partial charge in [0.1, 0.15) is 11.9 Å². The van der Waals surface area contributed by atoms with Gasteiger partial charge in [-0.3, -0.25) is 4.79 Å². The van der Waals surface area contributed by atoms with Crippen molar-refractivity contribution in [2.24, 2.45) is 0 Å². The van der Waals surface area contributed by atoms with Crippen LogP contribution in [0.25, 0.3) is 0 Å². The van der Waals surface area contributed by atoms with Gasteiger partial charge in [-0.2, -0.15) is 0 Å². The molecule has 1 amide bonds. The van der Waals surface area contributed by atoms with Crippen molar-refractivity contribution < 1.29 is 14.6 Å². The summed E-state index contributed by atoms with van der Waals surface area (Å²) >= 11 is 6.08. The number of anilines is 1. The van der Waals surface area contributed by atoms with E-state index in [1.807, 2.05) is 48.5 Å². The third-order valence-corrected chi connectivity index (χ3v) is 4.05. The molecule has 3 aromatic rings. The van der Waals surface area contributed by atoms with Gasteiger partial charge in [0, 0.05) is 16.3 Å². The molecule has 3 aromatic carbocycles. The first-order valence-electron chi connectivity index (χ1n) is 8.13. The molecule has 0 bridgehead atoms. The van der Waals surface area contributed by atoms with Crippen molar-refractivity contribution in [3.63, 3.8) is 0 Å². The van der Waals surface area contributed by atoms with E-state index in [9.17, 15) is 9.90 Å². The lowest BCUT2D eigenvalue weighted by atomic mass is 10.00. The fourth-order valence-corrected chi connectivity index (χ4v) is 2.72. The number of halogens is 1. The van der Waals surface area contributed by atoms with Crippen LogP contribution >= 0.6 is 11.6 Å². The van der Waals surface area contributed by atoms with Gasteiger partial charge in [-0.05, 0) is 35.9 Å². The second-order valence-electron chi connectivity index (χ2n) is 5.69. The molecular weight excluding hydrogens is 350 g/mol. The summed E-state index contributed by atoms with van der Waals surface area (Å²) in [5.41, 5.74) is 1.73. The molecule has 3 rings (SSSR count). The number of nitrogens with one attached hydrogen (secondary N) is 1. The van der Waals surface area contributed by atoms with Crippen molar-refractivity contribution in [1.29, 1.82) is 0 Å². The van der Waals surface area contributed by atoms with Gasteiger partial charge in [-0.15, -0.1) is 0 Å². The summed E-state index contributed by atoms with van der Waals surface area (Å²) in [5.74, 6) is 0.293. The predicted octanol–water partition coefficient (Wildman–Crippen LogP) is 4.44. The van der Waals surface area contributed by atoms with E-state index in [0.717, 1.165) is 0 Å². The number of amides is 1. The van der Waals surface area contributed by atoms with E-state index >= 15 is 0 Å². The third-order valence-electron chi connectivity index (χ3n) is 3.81. The number of para-hydroxylation sites is 1. The molecule has 0 saturated heterocycles. The Morgan fingerprint density at radius 3 is 2.35 bits per heavy atom. The zero-order valence-electron chi connectivity index (χ0n) is 13.9. The molecule has 5 heteroatoms. The summed E-state index contributed by atoms with van der Waals surface area (Å²) in [6, 6.07) is 23.3. The zero-order valence-corrected chi connectivity index (χ0v) is 14.7. The monoisotopic (exact) mass is 367 g/mol. The van der Waals surface area contributed by atoms with Gasteiger partial charge >= 0.3 is 0 Å². The first-order chi connectivity index (χ1) is 12.6. The summed E-state index contributed by atoms with van der Waals surface area (Å²) < 4.78 is 5.45. The molecule has 0 aliphatic heterocycles. The maximum absolute atomic E-state index is 12.2. The van der Waals surface area contributed by atoms with Gasteiger partial charge in [0.2, 0.25) is 0 Å². The van der Waals surface area contributed by atoms with Crippen LogP contribution in [-0.4, -0.2) is 17.6 Å². The standard InChI is InChI=1S/C21H18ClNO3/c22-16-11-12-19(18(13-16)21(25)15-7-3-1-4-8-15)23-20(24)14-26-17-9-5-2-6-10-17/h1-13,21,25H,14H2,(H,23,24)/t21-/m0/s1. The van der Waals surface area contributed by atoms with Crippen LogP contribution < -0.4 is 10.1 Å². The molecule has 0 spiro atoms. The van der Waals surface area contributed by atoms with Crippen LogP contribution in [0.2, 0.25) is 5.02 Å². The normalized spacial score (nSPS) is 11.6. The summed E-state index contributed by atoms with van der Waals surface area (Å²) in [5, 5.41) is 13.9. The average molecular weight is 368 g/mol. The molecule has 26 heavy (non-hydrogen) atoms. The lowest BCUT2D eigenvalue weighted by Crippen LogP contribution is -2.21. The second kappa shape index (κ2) is 8.52. The van der Waals surface area contributed by atoms with E-state index in [-0.39, 0.29) is 12.5 Å². The molecule has 0 aromatic heterocycles. The Hall–Kier alpha value is -2.82. The fourth-order valence-electron chi connectivity index (χ4n) is 2.54. The van der Waals surface area contributed by atoms with Gasteiger partial charge in [0.15, 0.2) is 6.61 Å². The van der Waals surface area contributed by atoms with Crippen molar-refractivity contribution >= 4 is 23.2 Å². The quantitative estimate of drug-likeness (QED) is 0.677. The Kier molecular flexibility index (Phi) is 5.89. The van der Waals surface area contributed by atoms with Crippen molar-refractivity contribution in [2.45, 2.75) is 6.10 Å². The first kappa shape index (κ1) is 18.0. The van der Waals surface area contributed by atoms with E-state index < -0.39 is 6.10 Å². The summed E-state index contributed by atoms with van der Waals surface area (Å²) in [7, 11) is 0. The molecule has 0 aliphatic rings. The van der Waals surface area contributed by atoms with Gasteiger partial charge in [-0.25, -0.2) is 0 Å². The number of aliphatic hydroxyl groups is 1. The number of rotatable bonds is 6. The molecule has 132 valence electrons. The highest BCUT2D eigenvalue weighted by molar-refractivity contribution is 6.30.